The molecule has 0 heterocycles. The smallest absolute Gasteiger partial charge is 0.0249 e. The van der Waals surface area contributed by atoms with Crippen molar-refractivity contribution in [1.29, 1.82) is 0 Å². The Morgan fingerprint density at radius 1 is 0.758 bits per heavy atom. The number of allylic oxidation sites excluding steroid dienone is 1. The highest BCUT2D eigenvalue weighted by Crippen LogP contribution is 2.38. The third-order valence-corrected chi connectivity index (χ3v) is 7.07. The van der Waals surface area contributed by atoms with E-state index in [4.69, 9.17) is 0 Å². The first-order chi connectivity index (χ1) is 16.2. The van der Waals surface area contributed by atoms with Gasteiger partial charge < -0.3 is 0 Å². The summed E-state index contributed by atoms with van der Waals surface area (Å²) in [5.41, 5.74) is 7.56. The number of rotatable bonds is 7. The van der Waals surface area contributed by atoms with Crippen LogP contribution in [0.25, 0.3) is 11.1 Å². The second kappa shape index (κ2) is 11.7. The molecule has 0 heteroatoms. The Morgan fingerprint density at radius 2 is 1.30 bits per heavy atom. The lowest BCUT2D eigenvalue weighted by Crippen LogP contribution is -2.13. The van der Waals surface area contributed by atoms with Crippen LogP contribution in [0.1, 0.15) is 80.0 Å². The van der Waals surface area contributed by atoms with Gasteiger partial charge in [-0.25, -0.2) is 0 Å². The van der Waals surface area contributed by atoms with E-state index >= 15 is 0 Å². The van der Waals surface area contributed by atoms with E-state index in [9.17, 15) is 0 Å². The number of benzene rings is 3. The fourth-order valence-corrected chi connectivity index (χ4v) is 5.02. The largest absolute Gasteiger partial charge is 0.103 e. The van der Waals surface area contributed by atoms with Gasteiger partial charge in [-0.1, -0.05) is 79.8 Å². The highest BCUT2D eigenvalue weighted by molar-refractivity contribution is 5.65. The van der Waals surface area contributed by atoms with Gasteiger partial charge in [-0.05, 0) is 103 Å². The third-order valence-electron chi connectivity index (χ3n) is 7.07. The van der Waals surface area contributed by atoms with Gasteiger partial charge >= 0.3 is 0 Å². The van der Waals surface area contributed by atoms with Crippen LogP contribution in [0.4, 0.5) is 0 Å². The molecule has 0 radical (unpaired) electrons. The van der Waals surface area contributed by atoms with Crippen LogP contribution in [0, 0.1) is 17.8 Å². The first kappa shape index (κ1) is 23.1. The van der Waals surface area contributed by atoms with Crippen LogP contribution < -0.4 is 0 Å². The zero-order chi connectivity index (χ0) is 22.9. The zero-order valence-electron chi connectivity index (χ0n) is 20.0. The van der Waals surface area contributed by atoms with Crippen molar-refractivity contribution < 1.29 is 0 Å². The predicted molar refractivity (Wildman–Crippen MR) is 142 cm³/mol. The van der Waals surface area contributed by atoms with Gasteiger partial charge in [0.05, 0.1) is 0 Å². The minimum absolute atomic E-state index is 0.729. The molecule has 168 valence electrons. The lowest BCUT2D eigenvalue weighted by Gasteiger charge is -2.28. The van der Waals surface area contributed by atoms with E-state index in [0.29, 0.717) is 0 Å². The van der Waals surface area contributed by atoms with Crippen molar-refractivity contribution in [2.75, 3.05) is 0 Å². The van der Waals surface area contributed by atoms with Crippen LogP contribution in [0.15, 0.2) is 85.5 Å². The molecule has 0 aromatic heterocycles. The summed E-state index contributed by atoms with van der Waals surface area (Å²) in [6.07, 6.45) is 12.3. The van der Waals surface area contributed by atoms with Crippen molar-refractivity contribution >= 4 is 0 Å². The lowest BCUT2D eigenvalue weighted by atomic mass is 9.77. The highest BCUT2D eigenvalue weighted by atomic mass is 14.3. The maximum atomic E-state index is 3.87. The van der Waals surface area contributed by atoms with Gasteiger partial charge in [0.1, 0.15) is 0 Å². The zero-order valence-corrected chi connectivity index (χ0v) is 20.0. The van der Waals surface area contributed by atoms with Crippen molar-refractivity contribution in [2.24, 2.45) is 5.92 Å². The van der Waals surface area contributed by atoms with E-state index in [1.165, 1.54) is 67.2 Å². The lowest BCUT2D eigenvalue weighted by molar-refractivity contribution is 0.312. The predicted octanol–water partition coefficient (Wildman–Crippen LogP) is 8.95. The number of hydrogen-bond donors (Lipinski definition) is 0. The number of hydrogen-bond acceptors (Lipinski definition) is 0. The average molecular weight is 433 g/mol. The SMILES string of the molecule is C=CCC[C@H]1CC[C@H](c2ccc(-c3ccc(C#Cc4ccc(CCC)cc4)cc3)cc2)CC1. The van der Waals surface area contributed by atoms with Crippen molar-refractivity contribution in [3.63, 3.8) is 0 Å². The molecule has 0 unspecified atom stereocenters. The van der Waals surface area contributed by atoms with Crippen molar-refractivity contribution in [1.82, 2.24) is 0 Å². The third kappa shape index (κ3) is 6.49. The summed E-state index contributed by atoms with van der Waals surface area (Å²) in [7, 11) is 0. The maximum absolute atomic E-state index is 3.87. The molecule has 3 aromatic rings. The van der Waals surface area contributed by atoms with Gasteiger partial charge in [0.25, 0.3) is 0 Å². The van der Waals surface area contributed by atoms with E-state index in [-0.39, 0.29) is 0 Å². The van der Waals surface area contributed by atoms with E-state index in [1.807, 2.05) is 0 Å². The van der Waals surface area contributed by atoms with Crippen molar-refractivity contribution in [3.8, 4) is 23.0 Å². The van der Waals surface area contributed by atoms with Gasteiger partial charge in [0, 0.05) is 11.1 Å². The van der Waals surface area contributed by atoms with Gasteiger partial charge in [-0.2, -0.15) is 0 Å². The Morgan fingerprint density at radius 3 is 1.85 bits per heavy atom. The van der Waals surface area contributed by atoms with Gasteiger partial charge in [-0.3, -0.25) is 0 Å². The summed E-state index contributed by atoms with van der Waals surface area (Å²) in [6, 6.07) is 26.5. The first-order valence-corrected chi connectivity index (χ1v) is 12.7. The van der Waals surface area contributed by atoms with Gasteiger partial charge in [0.2, 0.25) is 0 Å². The Bertz CT molecular complexity index is 1060. The van der Waals surface area contributed by atoms with Crippen molar-refractivity contribution in [2.45, 2.75) is 64.2 Å². The molecule has 0 aliphatic heterocycles. The molecule has 0 nitrogen and oxygen atoms in total. The fourth-order valence-electron chi connectivity index (χ4n) is 5.02. The molecule has 1 aliphatic rings. The van der Waals surface area contributed by atoms with E-state index in [0.717, 1.165) is 29.4 Å². The Labute approximate surface area is 200 Å². The van der Waals surface area contributed by atoms with E-state index in [2.05, 4.69) is 104 Å². The second-order valence-corrected chi connectivity index (χ2v) is 9.48. The van der Waals surface area contributed by atoms with Crippen LogP contribution in [-0.2, 0) is 6.42 Å². The molecular weight excluding hydrogens is 396 g/mol. The van der Waals surface area contributed by atoms with Crippen LogP contribution in [0.2, 0.25) is 0 Å². The molecule has 0 atom stereocenters. The van der Waals surface area contributed by atoms with Gasteiger partial charge in [0.15, 0.2) is 0 Å². The fraction of sp³-hybridized carbons (Fsp3) is 0.333. The minimum Gasteiger partial charge on any atom is -0.103 e. The standard InChI is InChI=1S/C33H36/c1-3-5-7-27-14-18-30(19-15-27)32-22-24-33(25-23-32)31-20-16-29(17-21-31)13-12-28-10-8-26(6-4-2)9-11-28/h3,8-11,16-17,20-25,27,30H,1,4-7,14-15,18-19H2,2H3/t27-,30-. The van der Waals surface area contributed by atoms with E-state index < -0.39 is 0 Å². The molecule has 1 saturated carbocycles. The molecule has 0 bridgehead atoms. The minimum atomic E-state index is 0.729. The molecule has 1 aliphatic carbocycles. The Balaban J connectivity index is 1.35. The molecule has 4 rings (SSSR count). The summed E-state index contributed by atoms with van der Waals surface area (Å²) in [5, 5.41) is 0. The maximum Gasteiger partial charge on any atom is 0.0249 e. The van der Waals surface area contributed by atoms with Crippen LogP contribution in [-0.4, -0.2) is 0 Å². The topological polar surface area (TPSA) is 0 Å². The molecule has 0 saturated heterocycles. The first-order valence-electron chi connectivity index (χ1n) is 12.7. The summed E-state index contributed by atoms with van der Waals surface area (Å²) in [5.74, 6) is 8.23. The van der Waals surface area contributed by atoms with Crippen LogP contribution in [0.3, 0.4) is 0 Å². The van der Waals surface area contributed by atoms with Crippen LogP contribution >= 0.6 is 0 Å². The average Bonchev–Trinajstić information content (AvgIpc) is 2.88. The summed E-state index contributed by atoms with van der Waals surface area (Å²) in [4.78, 5) is 0. The number of aryl methyl sites for hydroxylation is 1. The normalized spacial score (nSPS) is 17.7. The summed E-state index contributed by atoms with van der Waals surface area (Å²) in [6.45, 7) is 6.08. The molecule has 0 N–H and O–H groups in total. The molecule has 0 amide bonds. The molecule has 1 fully saturated rings. The van der Waals surface area contributed by atoms with Crippen LogP contribution in [0.5, 0.6) is 0 Å². The summed E-state index contributed by atoms with van der Waals surface area (Å²) < 4.78 is 0. The molecule has 3 aromatic carbocycles. The molecule has 33 heavy (non-hydrogen) atoms. The van der Waals surface area contributed by atoms with E-state index in [1.54, 1.807) is 0 Å². The molecule has 0 spiro atoms. The second-order valence-electron chi connectivity index (χ2n) is 9.48. The van der Waals surface area contributed by atoms with Gasteiger partial charge in [-0.15, -0.1) is 6.58 Å². The quantitative estimate of drug-likeness (QED) is 0.258. The summed E-state index contributed by atoms with van der Waals surface area (Å²) >= 11 is 0. The Kier molecular flexibility index (Phi) is 8.21. The highest BCUT2D eigenvalue weighted by Gasteiger charge is 2.21. The monoisotopic (exact) mass is 432 g/mol. The Hall–Kier alpha value is -3.04. The van der Waals surface area contributed by atoms with Crippen molar-refractivity contribution in [3.05, 3.63) is 108 Å². The molecular formula is C33H36.